The smallest absolute Gasteiger partial charge is 0.126 e. The molecule has 2 nitrogen and oxygen atoms in total. The molecule has 2 aromatic carbocycles. The summed E-state index contributed by atoms with van der Waals surface area (Å²) >= 11 is 0. The molecule has 0 aliphatic heterocycles. The molecule has 2 aromatic rings. The average molecular weight is 272 g/mol. The Kier molecular flexibility index (Phi) is 4.88. The van der Waals surface area contributed by atoms with Crippen molar-refractivity contribution in [3.8, 4) is 0 Å². The normalized spacial score (nSPS) is 12.4. The van der Waals surface area contributed by atoms with Crippen LogP contribution >= 0.6 is 0 Å². The molecule has 2 rings (SSSR count). The first kappa shape index (κ1) is 14.7. The zero-order chi connectivity index (χ0) is 14.5. The van der Waals surface area contributed by atoms with Crippen LogP contribution in [0.1, 0.15) is 22.3 Å². The molecular weight excluding hydrogens is 251 g/mol. The fourth-order valence-corrected chi connectivity index (χ4v) is 2.59. The van der Waals surface area contributed by atoms with Crippen molar-refractivity contribution in [3.05, 3.63) is 70.5 Å². The van der Waals surface area contributed by atoms with Crippen molar-refractivity contribution in [1.82, 2.24) is 5.43 Å². The number of aryl methyl sites for hydroxylation is 2. The number of rotatable bonds is 5. The maximum absolute atomic E-state index is 13.7. The van der Waals surface area contributed by atoms with E-state index in [4.69, 9.17) is 5.84 Å². The molecule has 0 aromatic heterocycles. The van der Waals surface area contributed by atoms with Gasteiger partial charge in [0.05, 0.1) is 0 Å². The van der Waals surface area contributed by atoms with Crippen LogP contribution in [-0.4, -0.2) is 6.04 Å². The quantitative estimate of drug-likeness (QED) is 0.648. The molecule has 0 amide bonds. The summed E-state index contributed by atoms with van der Waals surface area (Å²) in [5.74, 6) is 5.45. The van der Waals surface area contributed by atoms with E-state index in [-0.39, 0.29) is 11.9 Å². The van der Waals surface area contributed by atoms with Crippen molar-refractivity contribution < 1.29 is 4.39 Å². The van der Waals surface area contributed by atoms with Gasteiger partial charge in [0.2, 0.25) is 0 Å². The molecule has 0 aliphatic rings. The molecule has 3 heteroatoms. The van der Waals surface area contributed by atoms with E-state index in [1.54, 1.807) is 12.1 Å². The number of hydrazine groups is 1. The van der Waals surface area contributed by atoms with Gasteiger partial charge in [0, 0.05) is 6.04 Å². The Balaban J connectivity index is 2.11. The molecule has 106 valence electrons. The lowest BCUT2D eigenvalue weighted by atomic mass is 9.97. The van der Waals surface area contributed by atoms with Gasteiger partial charge in [-0.3, -0.25) is 11.3 Å². The van der Waals surface area contributed by atoms with Crippen molar-refractivity contribution in [2.75, 3.05) is 0 Å². The molecule has 1 unspecified atom stereocenters. The maximum Gasteiger partial charge on any atom is 0.126 e. The van der Waals surface area contributed by atoms with Gasteiger partial charge in [0.15, 0.2) is 0 Å². The van der Waals surface area contributed by atoms with Crippen molar-refractivity contribution in [2.24, 2.45) is 5.84 Å². The summed E-state index contributed by atoms with van der Waals surface area (Å²) in [5.41, 5.74) is 7.19. The molecule has 20 heavy (non-hydrogen) atoms. The summed E-state index contributed by atoms with van der Waals surface area (Å²) < 4.78 is 13.7. The fraction of sp³-hybridized carbons (Fsp3) is 0.294. The van der Waals surface area contributed by atoms with Gasteiger partial charge >= 0.3 is 0 Å². The maximum atomic E-state index is 13.7. The summed E-state index contributed by atoms with van der Waals surface area (Å²) in [6, 6.07) is 13.3. The fourth-order valence-electron chi connectivity index (χ4n) is 2.59. The number of nitrogens with two attached hydrogens (primary N) is 1. The molecular formula is C17H21FN2. The number of hydrogen-bond donors (Lipinski definition) is 2. The molecule has 0 radical (unpaired) electrons. The Morgan fingerprint density at radius 2 is 1.70 bits per heavy atom. The Morgan fingerprint density at radius 1 is 1.05 bits per heavy atom. The summed E-state index contributed by atoms with van der Waals surface area (Å²) in [4.78, 5) is 0. The third-order valence-corrected chi connectivity index (χ3v) is 3.42. The topological polar surface area (TPSA) is 38.0 Å². The SMILES string of the molecule is Cc1cc(C)cc(CC(Cc2ccccc2F)NN)c1. The molecule has 0 heterocycles. The first-order chi connectivity index (χ1) is 9.58. The monoisotopic (exact) mass is 272 g/mol. The summed E-state index contributed by atoms with van der Waals surface area (Å²) in [6.45, 7) is 4.16. The van der Waals surface area contributed by atoms with Crippen LogP contribution in [0.4, 0.5) is 4.39 Å². The number of halogens is 1. The number of nitrogens with one attached hydrogen (secondary N) is 1. The first-order valence-electron chi connectivity index (χ1n) is 6.85. The van der Waals surface area contributed by atoms with Gasteiger partial charge in [-0.15, -0.1) is 0 Å². The molecule has 0 fully saturated rings. The molecule has 1 atom stereocenters. The Bertz CT molecular complexity index is 561. The highest BCUT2D eigenvalue weighted by atomic mass is 19.1. The predicted molar refractivity (Wildman–Crippen MR) is 80.8 cm³/mol. The lowest BCUT2D eigenvalue weighted by Gasteiger charge is -2.17. The highest BCUT2D eigenvalue weighted by molar-refractivity contribution is 5.29. The van der Waals surface area contributed by atoms with Crippen LogP contribution in [0.15, 0.2) is 42.5 Å². The van der Waals surface area contributed by atoms with E-state index in [2.05, 4.69) is 37.5 Å². The van der Waals surface area contributed by atoms with E-state index in [0.717, 1.165) is 6.42 Å². The summed E-state index contributed by atoms with van der Waals surface area (Å²) in [7, 11) is 0. The van der Waals surface area contributed by atoms with E-state index in [1.807, 2.05) is 6.07 Å². The van der Waals surface area contributed by atoms with Crippen LogP contribution in [0.3, 0.4) is 0 Å². The number of benzene rings is 2. The summed E-state index contributed by atoms with van der Waals surface area (Å²) in [5, 5.41) is 0. The van der Waals surface area contributed by atoms with E-state index in [9.17, 15) is 4.39 Å². The van der Waals surface area contributed by atoms with Crippen LogP contribution in [-0.2, 0) is 12.8 Å². The van der Waals surface area contributed by atoms with Crippen molar-refractivity contribution in [3.63, 3.8) is 0 Å². The minimum absolute atomic E-state index is 0.0214. The molecule has 0 saturated heterocycles. The molecule has 0 aliphatic carbocycles. The average Bonchev–Trinajstić information content (AvgIpc) is 2.39. The second kappa shape index (κ2) is 6.64. The van der Waals surface area contributed by atoms with E-state index in [1.165, 1.54) is 22.8 Å². The summed E-state index contributed by atoms with van der Waals surface area (Å²) in [6.07, 6.45) is 1.36. The van der Waals surface area contributed by atoms with Crippen LogP contribution in [0.2, 0.25) is 0 Å². The second-order valence-corrected chi connectivity index (χ2v) is 5.36. The minimum atomic E-state index is -0.173. The molecule has 3 N–H and O–H groups in total. The zero-order valence-corrected chi connectivity index (χ0v) is 12.0. The number of hydrogen-bond acceptors (Lipinski definition) is 2. The molecule has 0 saturated carbocycles. The van der Waals surface area contributed by atoms with Crippen LogP contribution in [0.5, 0.6) is 0 Å². The predicted octanol–water partition coefficient (Wildman–Crippen LogP) is 3.06. The van der Waals surface area contributed by atoms with Crippen LogP contribution in [0.25, 0.3) is 0 Å². The van der Waals surface area contributed by atoms with Gasteiger partial charge in [-0.05, 0) is 43.9 Å². The van der Waals surface area contributed by atoms with Gasteiger partial charge in [-0.1, -0.05) is 47.5 Å². The van der Waals surface area contributed by atoms with Gasteiger partial charge in [-0.2, -0.15) is 0 Å². The van der Waals surface area contributed by atoms with E-state index >= 15 is 0 Å². The lowest BCUT2D eigenvalue weighted by molar-refractivity contribution is 0.506. The van der Waals surface area contributed by atoms with Gasteiger partial charge in [0.25, 0.3) is 0 Å². The van der Waals surface area contributed by atoms with Crippen molar-refractivity contribution >= 4 is 0 Å². The third-order valence-electron chi connectivity index (χ3n) is 3.42. The highest BCUT2D eigenvalue weighted by Crippen LogP contribution is 2.14. The molecule has 0 spiro atoms. The van der Waals surface area contributed by atoms with E-state index in [0.29, 0.717) is 12.0 Å². The highest BCUT2D eigenvalue weighted by Gasteiger charge is 2.12. The van der Waals surface area contributed by atoms with Crippen molar-refractivity contribution in [1.29, 1.82) is 0 Å². The zero-order valence-electron chi connectivity index (χ0n) is 12.0. The first-order valence-corrected chi connectivity index (χ1v) is 6.85. The van der Waals surface area contributed by atoms with Gasteiger partial charge in [0.1, 0.15) is 5.82 Å². The van der Waals surface area contributed by atoms with Crippen LogP contribution < -0.4 is 11.3 Å². The Hall–Kier alpha value is -1.71. The Labute approximate surface area is 119 Å². The lowest BCUT2D eigenvalue weighted by Crippen LogP contribution is -2.38. The van der Waals surface area contributed by atoms with Gasteiger partial charge in [-0.25, -0.2) is 4.39 Å². The largest absolute Gasteiger partial charge is 0.271 e. The van der Waals surface area contributed by atoms with Crippen LogP contribution in [0, 0.1) is 19.7 Å². The Morgan fingerprint density at radius 3 is 2.30 bits per heavy atom. The van der Waals surface area contributed by atoms with Gasteiger partial charge < -0.3 is 0 Å². The van der Waals surface area contributed by atoms with E-state index < -0.39 is 0 Å². The third kappa shape index (κ3) is 3.89. The second-order valence-electron chi connectivity index (χ2n) is 5.36. The molecule has 0 bridgehead atoms. The minimum Gasteiger partial charge on any atom is -0.271 e. The van der Waals surface area contributed by atoms with Crippen molar-refractivity contribution in [2.45, 2.75) is 32.7 Å². The standard InChI is InChI=1S/C17H21FN2/c1-12-7-13(2)9-14(8-12)10-16(20-19)11-15-5-3-4-6-17(15)18/h3-9,16,20H,10-11,19H2,1-2H3.